The number of sulfonamides is 1. The number of ether oxygens (including phenoxy) is 2. The summed E-state index contributed by atoms with van der Waals surface area (Å²) < 4.78 is 39.3. The molecule has 0 bridgehead atoms. The molecule has 2 aromatic rings. The predicted molar refractivity (Wildman–Crippen MR) is 104 cm³/mol. The molecule has 2 aromatic carbocycles. The van der Waals surface area contributed by atoms with Crippen molar-refractivity contribution < 1.29 is 17.9 Å². The number of hydrogen-bond acceptors (Lipinski definition) is 4. The van der Waals surface area contributed by atoms with Gasteiger partial charge < -0.3 is 9.47 Å². The van der Waals surface area contributed by atoms with E-state index in [2.05, 4.69) is 11.3 Å². The van der Waals surface area contributed by atoms with Crippen molar-refractivity contribution in [3.63, 3.8) is 0 Å². The largest absolute Gasteiger partial charge is 0.493 e. The predicted octanol–water partition coefficient (Wildman–Crippen LogP) is 4.46. The second-order valence-electron chi connectivity index (χ2n) is 5.84. The van der Waals surface area contributed by atoms with Gasteiger partial charge in [-0.25, -0.2) is 0 Å². The zero-order valence-corrected chi connectivity index (χ0v) is 16.0. The van der Waals surface area contributed by atoms with Gasteiger partial charge in [-0.05, 0) is 42.3 Å². The van der Waals surface area contributed by atoms with Crippen molar-refractivity contribution >= 4 is 16.2 Å². The summed E-state index contributed by atoms with van der Waals surface area (Å²) in [5, 5.41) is 0. The van der Waals surface area contributed by atoms with Crippen molar-refractivity contribution in [1.29, 1.82) is 0 Å². The summed E-state index contributed by atoms with van der Waals surface area (Å²) in [6.45, 7) is 2.80. The molecule has 0 atom stereocenters. The Balaban J connectivity index is 2.06. The lowest BCUT2D eigenvalue weighted by Gasteiger charge is -2.11. The molecule has 0 saturated carbocycles. The summed E-state index contributed by atoms with van der Waals surface area (Å²) >= 11 is 0. The molecule has 140 valence electrons. The summed E-state index contributed by atoms with van der Waals surface area (Å²) in [6, 6.07) is 13.4. The molecule has 26 heavy (non-hydrogen) atoms. The third-order valence-electron chi connectivity index (χ3n) is 3.82. The van der Waals surface area contributed by atoms with Crippen LogP contribution in [-0.2, 0) is 10.0 Å². The molecule has 5 nitrogen and oxygen atoms in total. The molecule has 0 heterocycles. The van der Waals surface area contributed by atoms with Crippen molar-refractivity contribution in [2.45, 2.75) is 37.5 Å². The molecule has 0 aliphatic heterocycles. The fraction of sp³-hybridized carbons (Fsp3) is 0.350. The Morgan fingerprint density at radius 2 is 1.77 bits per heavy atom. The van der Waals surface area contributed by atoms with Gasteiger partial charge in [0.2, 0.25) is 0 Å². The molecule has 0 fully saturated rings. The smallest absolute Gasteiger partial charge is 0.282 e. The summed E-state index contributed by atoms with van der Waals surface area (Å²) in [4.78, 5) is 0.162. The van der Waals surface area contributed by atoms with E-state index < -0.39 is 10.0 Å². The minimum Gasteiger partial charge on any atom is -0.493 e. The molecular formula is C20H25NO4S. The third kappa shape index (κ3) is 5.88. The van der Waals surface area contributed by atoms with Gasteiger partial charge in [-0.1, -0.05) is 44.4 Å². The Morgan fingerprint density at radius 1 is 1.00 bits per heavy atom. The molecule has 0 aliphatic carbocycles. The summed E-state index contributed by atoms with van der Waals surface area (Å²) in [5.41, 5.74) is 0.625. The van der Waals surface area contributed by atoms with E-state index in [-0.39, 0.29) is 4.90 Å². The molecule has 0 amide bonds. The Morgan fingerprint density at radius 3 is 2.46 bits per heavy atom. The van der Waals surface area contributed by atoms with E-state index in [1.165, 1.54) is 31.2 Å². The third-order valence-corrected chi connectivity index (χ3v) is 5.08. The molecular weight excluding hydrogens is 350 g/mol. The normalized spacial score (nSPS) is 11.6. The first kappa shape index (κ1) is 20.0. The van der Waals surface area contributed by atoms with E-state index in [1.807, 2.05) is 0 Å². The van der Waals surface area contributed by atoms with E-state index in [0.717, 1.165) is 12.8 Å². The van der Waals surface area contributed by atoms with Crippen LogP contribution < -0.4 is 9.47 Å². The Hall–Kier alpha value is -2.34. The summed E-state index contributed by atoms with van der Waals surface area (Å²) in [6.07, 6.45) is 5.83. The number of rotatable bonds is 10. The molecule has 0 aliphatic rings. The SMILES string of the molecule is CCCCCCOc1ccc(/C=N\S(=O)(=O)c2ccccc2)cc1OC. The maximum atomic E-state index is 12.2. The van der Waals surface area contributed by atoms with Gasteiger partial charge in [0.1, 0.15) is 0 Å². The van der Waals surface area contributed by atoms with Crippen molar-refractivity contribution in [3.05, 3.63) is 54.1 Å². The van der Waals surface area contributed by atoms with Gasteiger partial charge in [-0.2, -0.15) is 12.8 Å². The molecule has 0 spiro atoms. The van der Waals surface area contributed by atoms with E-state index >= 15 is 0 Å². The molecule has 0 N–H and O–H groups in total. The van der Waals surface area contributed by atoms with E-state index in [0.29, 0.717) is 23.7 Å². The van der Waals surface area contributed by atoms with Crippen molar-refractivity contribution in [3.8, 4) is 11.5 Å². The second-order valence-corrected chi connectivity index (χ2v) is 7.47. The van der Waals surface area contributed by atoms with Gasteiger partial charge >= 0.3 is 0 Å². The second kappa shape index (κ2) is 9.97. The number of methoxy groups -OCH3 is 1. The topological polar surface area (TPSA) is 65.0 Å². The first-order chi connectivity index (χ1) is 12.6. The van der Waals surface area contributed by atoms with Gasteiger partial charge in [0.05, 0.1) is 18.6 Å². The molecule has 0 radical (unpaired) electrons. The van der Waals surface area contributed by atoms with Crippen molar-refractivity contribution in [2.24, 2.45) is 4.40 Å². The maximum absolute atomic E-state index is 12.2. The average molecular weight is 375 g/mol. The number of nitrogens with zero attached hydrogens (tertiary/aromatic N) is 1. The zero-order valence-electron chi connectivity index (χ0n) is 15.2. The molecule has 0 unspecified atom stereocenters. The summed E-state index contributed by atoms with van der Waals surface area (Å²) in [7, 11) is -2.16. The molecule has 0 saturated heterocycles. The van der Waals surface area contributed by atoms with Crippen LogP contribution in [0.3, 0.4) is 0 Å². The molecule has 6 heteroatoms. The minimum atomic E-state index is -3.71. The van der Waals surface area contributed by atoms with Crippen molar-refractivity contribution in [2.75, 3.05) is 13.7 Å². The lowest BCUT2D eigenvalue weighted by Crippen LogP contribution is -2.00. The zero-order chi connectivity index (χ0) is 18.8. The van der Waals surface area contributed by atoms with Crippen LogP contribution in [0.2, 0.25) is 0 Å². The first-order valence-corrected chi connectivity index (χ1v) is 10.2. The van der Waals surface area contributed by atoms with E-state index in [9.17, 15) is 8.42 Å². The van der Waals surface area contributed by atoms with Gasteiger partial charge in [-0.3, -0.25) is 0 Å². The summed E-state index contributed by atoms with van der Waals surface area (Å²) in [5.74, 6) is 1.20. The number of benzene rings is 2. The van der Waals surface area contributed by atoms with Gasteiger partial charge in [0, 0.05) is 6.21 Å². The number of unbranched alkanes of at least 4 members (excludes halogenated alkanes) is 3. The standard InChI is InChI=1S/C20H25NO4S/c1-3-4-5-9-14-25-19-13-12-17(15-20(19)24-2)16-21-26(22,23)18-10-7-6-8-11-18/h6-8,10-13,15-16H,3-5,9,14H2,1-2H3/b21-16-. The van der Waals surface area contributed by atoms with Crippen LogP contribution in [0.25, 0.3) is 0 Å². The van der Waals surface area contributed by atoms with Crippen LogP contribution in [0.1, 0.15) is 38.2 Å². The Bertz CT molecular complexity index is 817. The number of hydrogen-bond donors (Lipinski definition) is 0. The van der Waals surface area contributed by atoms with Crippen LogP contribution >= 0.6 is 0 Å². The lowest BCUT2D eigenvalue weighted by atomic mass is 10.2. The van der Waals surface area contributed by atoms with Crippen LogP contribution in [0.4, 0.5) is 0 Å². The molecule has 2 rings (SSSR count). The lowest BCUT2D eigenvalue weighted by molar-refractivity contribution is 0.285. The van der Waals surface area contributed by atoms with E-state index in [4.69, 9.17) is 9.47 Å². The minimum absolute atomic E-state index is 0.162. The quantitative estimate of drug-likeness (QED) is 0.454. The monoisotopic (exact) mass is 375 g/mol. The molecule has 0 aromatic heterocycles. The van der Waals surface area contributed by atoms with Crippen LogP contribution in [0.15, 0.2) is 57.8 Å². The maximum Gasteiger partial charge on any atom is 0.282 e. The van der Waals surface area contributed by atoms with Gasteiger partial charge in [-0.15, -0.1) is 0 Å². The fourth-order valence-electron chi connectivity index (χ4n) is 2.38. The van der Waals surface area contributed by atoms with Crippen LogP contribution in [0, 0.1) is 0 Å². The highest BCUT2D eigenvalue weighted by Crippen LogP contribution is 2.28. The van der Waals surface area contributed by atoms with Crippen LogP contribution in [0.5, 0.6) is 11.5 Å². The average Bonchev–Trinajstić information content (AvgIpc) is 2.67. The van der Waals surface area contributed by atoms with Gasteiger partial charge in [0.15, 0.2) is 11.5 Å². The van der Waals surface area contributed by atoms with Crippen LogP contribution in [-0.4, -0.2) is 28.3 Å². The highest BCUT2D eigenvalue weighted by molar-refractivity contribution is 7.90. The Kier molecular flexibility index (Phi) is 7.66. The van der Waals surface area contributed by atoms with Crippen molar-refractivity contribution in [1.82, 2.24) is 0 Å². The fourth-order valence-corrected chi connectivity index (χ4v) is 3.26. The Labute approximate surface area is 155 Å². The highest BCUT2D eigenvalue weighted by atomic mass is 32.2. The first-order valence-electron chi connectivity index (χ1n) is 8.73. The van der Waals surface area contributed by atoms with E-state index in [1.54, 1.807) is 43.5 Å². The highest BCUT2D eigenvalue weighted by Gasteiger charge is 2.11. The van der Waals surface area contributed by atoms with Gasteiger partial charge in [0.25, 0.3) is 10.0 Å².